The Kier molecular flexibility index (Phi) is 4.96. The van der Waals surface area contributed by atoms with Gasteiger partial charge < -0.3 is 14.6 Å². The molecule has 0 spiro atoms. The molecule has 0 unspecified atom stereocenters. The quantitative estimate of drug-likeness (QED) is 0.755. The molecule has 0 aliphatic carbocycles. The van der Waals surface area contributed by atoms with Gasteiger partial charge in [-0.3, -0.25) is 4.79 Å². The predicted octanol–water partition coefficient (Wildman–Crippen LogP) is 3.46. The molecule has 24 heavy (non-hydrogen) atoms. The van der Waals surface area contributed by atoms with E-state index in [1.54, 1.807) is 7.11 Å². The highest BCUT2D eigenvalue weighted by molar-refractivity contribution is 5.89. The second-order valence-electron chi connectivity index (χ2n) is 5.96. The summed E-state index contributed by atoms with van der Waals surface area (Å²) >= 11 is 0. The normalized spacial score (nSPS) is 12.2. The molecule has 3 aromatic rings. The number of rotatable bonds is 6. The zero-order valence-electron chi connectivity index (χ0n) is 14.0. The SMILES string of the molecule is COC[C@H](C)NC(=O)Cn1c(-c2ccccc2)cc2ccccc21. The molecule has 4 nitrogen and oxygen atoms in total. The van der Waals surface area contributed by atoms with E-state index in [-0.39, 0.29) is 18.5 Å². The number of aromatic nitrogens is 1. The van der Waals surface area contributed by atoms with Crippen LogP contribution in [0.1, 0.15) is 6.92 Å². The summed E-state index contributed by atoms with van der Waals surface area (Å²) in [6.07, 6.45) is 0. The summed E-state index contributed by atoms with van der Waals surface area (Å²) in [5.41, 5.74) is 3.21. The van der Waals surface area contributed by atoms with Gasteiger partial charge in [0.25, 0.3) is 0 Å². The van der Waals surface area contributed by atoms with Crippen molar-refractivity contribution in [3.63, 3.8) is 0 Å². The number of nitrogens with zero attached hydrogens (tertiary/aromatic N) is 1. The summed E-state index contributed by atoms with van der Waals surface area (Å²) in [4.78, 5) is 12.4. The Balaban J connectivity index is 1.95. The van der Waals surface area contributed by atoms with Crippen LogP contribution in [0.4, 0.5) is 0 Å². The van der Waals surface area contributed by atoms with Crippen molar-refractivity contribution < 1.29 is 9.53 Å². The van der Waals surface area contributed by atoms with E-state index in [1.165, 1.54) is 0 Å². The zero-order chi connectivity index (χ0) is 16.9. The number of benzene rings is 2. The molecule has 2 aromatic carbocycles. The van der Waals surface area contributed by atoms with Crippen LogP contribution in [0.2, 0.25) is 0 Å². The number of hydrogen-bond donors (Lipinski definition) is 1. The van der Waals surface area contributed by atoms with E-state index in [0.717, 1.165) is 22.2 Å². The van der Waals surface area contributed by atoms with Crippen LogP contribution in [0.3, 0.4) is 0 Å². The third-order valence-corrected chi connectivity index (χ3v) is 4.01. The maximum absolute atomic E-state index is 12.4. The predicted molar refractivity (Wildman–Crippen MR) is 96.9 cm³/mol. The zero-order valence-corrected chi connectivity index (χ0v) is 14.0. The first kappa shape index (κ1) is 16.3. The molecule has 0 fully saturated rings. The van der Waals surface area contributed by atoms with Gasteiger partial charge in [0.05, 0.1) is 6.61 Å². The monoisotopic (exact) mass is 322 g/mol. The van der Waals surface area contributed by atoms with E-state index in [1.807, 2.05) is 43.3 Å². The van der Waals surface area contributed by atoms with E-state index in [4.69, 9.17) is 4.74 Å². The molecule has 1 atom stereocenters. The number of nitrogens with one attached hydrogen (secondary N) is 1. The third-order valence-electron chi connectivity index (χ3n) is 4.01. The Morgan fingerprint density at radius 2 is 1.83 bits per heavy atom. The second-order valence-corrected chi connectivity index (χ2v) is 5.96. The van der Waals surface area contributed by atoms with Gasteiger partial charge in [-0.2, -0.15) is 0 Å². The second kappa shape index (κ2) is 7.32. The molecule has 3 rings (SSSR count). The van der Waals surface area contributed by atoms with Crippen LogP contribution in [0, 0.1) is 0 Å². The molecule has 4 heteroatoms. The highest BCUT2D eigenvalue weighted by atomic mass is 16.5. The van der Waals surface area contributed by atoms with Crippen LogP contribution in [0.15, 0.2) is 60.7 Å². The lowest BCUT2D eigenvalue weighted by Gasteiger charge is -2.15. The van der Waals surface area contributed by atoms with Crippen molar-refractivity contribution in [1.82, 2.24) is 9.88 Å². The summed E-state index contributed by atoms with van der Waals surface area (Å²) in [7, 11) is 1.63. The van der Waals surface area contributed by atoms with Gasteiger partial charge in [-0.05, 0) is 24.6 Å². The molecular formula is C20H22N2O2. The van der Waals surface area contributed by atoms with Gasteiger partial charge >= 0.3 is 0 Å². The molecule has 1 heterocycles. The fourth-order valence-electron chi connectivity index (χ4n) is 2.98. The number of carbonyl (C=O) groups excluding carboxylic acids is 1. The van der Waals surface area contributed by atoms with Gasteiger partial charge in [0.1, 0.15) is 6.54 Å². The van der Waals surface area contributed by atoms with Crippen LogP contribution in [0.5, 0.6) is 0 Å². The lowest BCUT2D eigenvalue weighted by Crippen LogP contribution is -2.37. The average molecular weight is 322 g/mol. The molecular weight excluding hydrogens is 300 g/mol. The number of para-hydroxylation sites is 1. The van der Waals surface area contributed by atoms with Crippen molar-refractivity contribution in [1.29, 1.82) is 0 Å². The first-order chi connectivity index (χ1) is 11.7. The Bertz CT molecular complexity index is 824. The average Bonchev–Trinajstić information content (AvgIpc) is 2.94. The molecule has 0 bridgehead atoms. The first-order valence-electron chi connectivity index (χ1n) is 8.11. The summed E-state index contributed by atoms with van der Waals surface area (Å²) in [6, 6.07) is 20.4. The standard InChI is InChI=1S/C20H22N2O2/c1-15(14-24-2)21-20(23)13-22-18-11-7-6-10-17(18)12-19(22)16-8-4-3-5-9-16/h3-12,15H,13-14H2,1-2H3,(H,21,23)/t15-/m0/s1. The minimum absolute atomic E-state index is 0.00972. The Labute approximate surface area is 142 Å². The molecule has 1 aromatic heterocycles. The summed E-state index contributed by atoms with van der Waals surface area (Å²) in [5.74, 6) is -0.0157. The van der Waals surface area contributed by atoms with Gasteiger partial charge in [-0.25, -0.2) is 0 Å². The Morgan fingerprint density at radius 1 is 1.12 bits per heavy atom. The maximum Gasteiger partial charge on any atom is 0.240 e. The van der Waals surface area contributed by atoms with E-state index in [2.05, 4.69) is 34.1 Å². The van der Waals surface area contributed by atoms with Crippen LogP contribution >= 0.6 is 0 Å². The van der Waals surface area contributed by atoms with Gasteiger partial charge in [-0.15, -0.1) is 0 Å². The molecule has 1 N–H and O–H groups in total. The van der Waals surface area contributed by atoms with Crippen molar-refractivity contribution in [2.75, 3.05) is 13.7 Å². The largest absolute Gasteiger partial charge is 0.383 e. The van der Waals surface area contributed by atoms with Crippen molar-refractivity contribution in [3.8, 4) is 11.3 Å². The van der Waals surface area contributed by atoms with E-state index < -0.39 is 0 Å². The minimum Gasteiger partial charge on any atom is -0.383 e. The molecule has 0 radical (unpaired) electrons. The fraction of sp³-hybridized carbons (Fsp3) is 0.250. The highest BCUT2D eigenvalue weighted by Crippen LogP contribution is 2.28. The Hall–Kier alpha value is -2.59. The lowest BCUT2D eigenvalue weighted by atomic mass is 10.1. The van der Waals surface area contributed by atoms with Crippen LogP contribution in [-0.2, 0) is 16.1 Å². The number of methoxy groups -OCH3 is 1. The summed E-state index contributed by atoms with van der Waals surface area (Å²) < 4.78 is 7.15. The topological polar surface area (TPSA) is 43.3 Å². The van der Waals surface area contributed by atoms with Crippen molar-refractivity contribution in [3.05, 3.63) is 60.7 Å². The number of amides is 1. The van der Waals surface area contributed by atoms with Gasteiger partial charge in [0.15, 0.2) is 0 Å². The van der Waals surface area contributed by atoms with Crippen LogP contribution < -0.4 is 5.32 Å². The van der Waals surface area contributed by atoms with Crippen LogP contribution in [0.25, 0.3) is 22.2 Å². The maximum atomic E-state index is 12.4. The number of ether oxygens (including phenoxy) is 1. The van der Waals surface area contributed by atoms with Crippen molar-refractivity contribution >= 4 is 16.8 Å². The van der Waals surface area contributed by atoms with Gasteiger partial charge in [0.2, 0.25) is 5.91 Å². The lowest BCUT2D eigenvalue weighted by molar-refractivity contribution is -0.122. The number of carbonyl (C=O) groups is 1. The van der Waals surface area contributed by atoms with Crippen LogP contribution in [-0.4, -0.2) is 30.2 Å². The Morgan fingerprint density at radius 3 is 2.58 bits per heavy atom. The molecule has 0 saturated carbocycles. The van der Waals surface area contributed by atoms with E-state index >= 15 is 0 Å². The van der Waals surface area contributed by atoms with Crippen molar-refractivity contribution in [2.45, 2.75) is 19.5 Å². The van der Waals surface area contributed by atoms with E-state index in [0.29, 0.717) is 6.61 Å². The van der Waals surface area contributed by atoms with Gasteiger partial charge in [0, 0.05) is 29.7 Å². The molecule has 0 aliphatic heterocycles. The molecule has 0 saturated heterocycles. The molecule has 0 aliphatic rings. The molecule has 124 valence electrons. The molecule has 1 amide bonds. The third kappa shape index (κ3) is 3.49. The van der Waals surface area contributed by atoms with E-state index in [9.17, 15) is 4.79 Å². The number of fused-ring (bicyclic) bond motifs is 1. The fourth-order valence-corrected chi connectivity index (χ4v) is 2.98. The first-order valence-corrected chi connectivity index (χ1v) is 8.11. The highest BCUT2D eigenvalue weighted by Gasteiger charge is 2.14. The van der Waals surface area contributed by atoms with Crippen molar-refractivity contribution in [2.24, 2.45) is 0 Å². The minimum atomic E-state index is -0.0157. The number of hydrogen-bond acceptors (Lipinski definition) is 2. The summed E-state index contributed by atoms with van der Waals surface area (Å²) in [6.45, 7) is 2.72. The van der Waals surface area contributed by atoms with Gasteiger partial charge in [-0.1, -0.05) is 48.5 Å². The smallest absolute Gasteiger partial charge is 0.240 e. The summed E-state index contributed by atoms with van der Waals surface area (Å²) in [5, 5.41) is 4.11.